The van der Waals surface area contributed by atoms with Crippen LogP contribution in [0.5, 0.6) is 0 Å². The number of rotatable bonds is 3. The van der Waals surface area contributed by atoms with E-state index >= 15 is 0 Å². The second-order valence-corrected chi connectivity index (χ2v) is 4.12. The Kier molecular flexibility index (Phi) is 3.27. The quantitative estimate of drug-likeness (QED) is 0.843. The Morgan fingerprint density at radius 1 is 1.50 bits per heavy atom. The maximum absolute atomic E-state index is 12.2. The number of nitrogens with one attached hydrogen (secondary N) is 1. The van der Waals surface area contributed by atoms with Gasteiger partial charge >= 0.3 is 0 Å². The topological polar surface area (TPSA) is 87.9 Å². The average molecular weight is 245 g/mol. The fourth-order valence-corrected chi connectivity index (χ4v) is 1.72. The number of imidazole rings is 1. The molecule has 0 aliphatic heterocycles. The Morgan fingerprint density at radius 3 is 2.89 bits per heavy atom. The van der Waals surface area contributed by atoms with Crippen molar-refractivity contribution in [3.63, 3.8) is 0 Å². The van der Waals surface area contributed by atoms with Crippen LogP contribution < -0.4 is 5.73 Å². The van der Waals surface area contributed by atoms with Crippen molar-refractivity contribution < 1.29 is 4.79 Å². The highest BCUT2D eigenvalue weighted by atomic mass is 16.2. The van der Waals surface area contributed by atoms with Crippen molar-refractivity contribution in [3.05, 3.63) is 41.6 Å². The largest absolute Gasteiger partial charge is 0.384 e. The van der Waals surface area contributed by atoms with E-state index in [-0.39, 0.29) is 5.91 Å². The molecule has 0 atom stereocenters. The van der Waals surface area contributed by atoms with E-state index in [2.05, 4.69) is 15.0 Å². The van der Waals surface area contributed by atoms with E-state index in [0.29, 0.717) is 17.9 Å². The van der Waals surface area contributed by atoms with E-state index in [0.717, 1.165) is 11.5 Å². The fourth-order valence-electron chi connectivity index (χ4n) is 1.72. The van der Waals surface area contributed by atoms with E-state index < -0.39 is 0 Å². The fraction of sp³-hybridized carbons (Fsp3) is 0.250. The van der Waals surface area contributed by atoms with E-state index in [1.165, 1.54) is 0 Å². The van der Waals surface area contributed by atoms with E-state index in [1.54, 1.807) is 43.4 Å². The van der Waals surface area contributed by atoms with Crippen molar-refractivity contribution in [1.29, 1.82) is 0 Å². The van der Waals surface area contributed by atoms with Gasteiger partial charge in [0, 0.05) is 30.7 Å². The molecule has 0 bridgehead atoms. The second-order valence-electron chi connectivity index (χ2n) is 4.12. The van der Waals surface area contributed by atoms with Crippen LogP contribution >= 0.6 is 0 Å². The van der Waals surface area contributed by atoms with E-state index in [9.17, 15) is 4.79 Å². The Bertz CT molecular complexity index is 529. The number of nitrogens with two attached hydrogens (primary N) is 1. The third-order valence-corrected chi connectivity index (χ3v) is 2.51. The molecule has 1 amide bonds. The van der Waals surface area contributed by atoms with Gasteiger partial charge in [-0.3, -0.25) is 4.79 Å². The van der Waals surface area contributed by atoms with Gasteiger partial charge in [-0.1, -0.05) is 0 Å². The number of carbonyl (C=O) groups is 1. The standard InChI is InChI=1S/C12H15N5O/c1-8-5-9(6-10(13)16-8)12(18)17(2)7-11-14-3-4-15-11/h3-6H,7H2,1-2H3,(H2,13,16)(H,14,15). The molecule has 6 heteroatoms. The van der Waals surface area contributed by atoms with Gasteiger partial charge in [0.15, 0.2) is 0 Å². The van der Waals surface area contributed by atoms with E-state index in [1.807, 2.05) is 0 Å². The zero-order valence-electron chi connectivity index (χ0n) is 10.3. The molecule has 3 N–H and O–H groups in total. The van der Waals surface area contributed by atoms with Crippen LogP contribution in [-0.2, 0) is 6.54 Å². The van der Waals surface area contributed by atoms with Gasteiger partial charge in [-0.15, -0.1) is 0 Å². The first-order valence-electron chi connectivity index (χ1n) is 5.54. The lowest BCUT2D eigenvalue weighted by Gasteiger charge is -2.16. The summed E-state index contributed by atoms with van der Waals surface area (Å²) in [5.74, 6) is 0.984. The van der Waals surface area contributed by atoms with Crippen molar-refractivity contribution in [1.82, 2.24) is 19.9 Å². The number of aromatic amines is 1. The average Bonchev–Trinajstić information content (AvgIpc) is 2.79. The molecule has 2 heterocycles. The minimum atomic E-state index is -0.108. The van der Waals surface area contributed by atoms with Gasteiger partial charge in [0.1, 0.15) is 11.6 Å². The molecular formula is C12H15N5O. The highest BCUT2D eigenvalue weighted by molar-refractivity contribution is 5.94. The number of nitrogens with zero attached hydrogens (tertiary/aromatic N) is 3. The normalized spacial score (nSPS) is 10.3. The van der Waals surface area contributed by atoms with Crippen molar-refractivity contribution in [2.45, 2.75) is 13.5 Å². The molecule has 0 aliphatic rings. The number of aromatic nitrogens is 3. The van der Waals surface area contributed by atoms with Gasteiger partial charge in [0.2, 0.25) is 0 Å². The number of aryl methyl sites for hydroxylation is 1. The van der Waals surface area contributed by atoms with Crippen LogP contribution in [0.1, 0.15) is 21.9 Å². The molecular weight excluding hydrogens is 230 g/mol. The van der Waals surface area contributed by atoms with Crippen molar-refractivity contribution in [3.8, 4) is 0 Å². The molecule has 0 saturated carbocycles. The Balaban J connectivity index is 2.15. The molecule has 2 aromatic heterocycles. The highest BCUT2D eigenvalue weighted by Crippen LogP contribution is 2.10. The van der Waals surface area contributed by atoms with Gasteiger partial charge in [-0.25, -0.2) is 9.97 Å². The van der Waals surface area contributed by atoms with Crippen molar-refractivity contribution >= 4 is 11.7 Å². The van der Waals surface area contributed by atoms with Gasteiger partial charge < -0.3 is 15.6 Å². The van der Waals surface area contributed by atoms with Crippen LogP contribution in [0.3, 0.4) is 0 Å². The summed E-state index contributed by atoms with van der Waals surface area (Å²) in [5.41, 5.74) is 6.90. The molecule has 0 saturated heterocycles. The molecule has 0 fully saturated rings. The zero-order chi connectivity index (χ0) is 13.1. The van der Waals surface area contributed by atoms with Gasteiger partial charge in [-0.05, 0) is 19.1 Å². The SMILES string of the molecule is Cc1cc(C(=O)N(C)Cc2ncc[nH]2)cc(N)n1. The summed E-state index contributed by atoms with van der Waals surface area (Å²) in [4.78, 5) is 24.8. The van der Waals surface area contributed by atoms with Gasteiger partial charge in [-0.2, -0.15) is 0 Å². The van der Waals surface area contributed by atoms with Gasteiger partial charge in [0.05, 0.1) is 6.54 Å². The first kappa shape index (κ1) is 12.1. The number of hydrogen-bond acceptors (Lipinski definition) is 4. The predicted octanol–water partition coefficient (Wildman–Crippen LogP) is 0.968. The smallest absolute Gasteiger partial charge is 0.254 e. The van der Waals surface area contributed by atoms with Gasteiger partial charge in [0.25, 0.3) is 5.91 Å². The van der Waals surface area contributed by atoms with Crippen molar-refractivity contribution in [2.24, 2.45) is 0 Å². The highest BCUT2D eigenvalue weighted by Gasteiger charge is 2.14. The monoisotopic (exact) mass is 245 g/mol. The number of carbonyl (C=O) groups excluding carboxylic acids is 1. The summed E-state index contributed by atoms with van der Waals surface area (Å²) >= 11 is 0. The minimum Gasteiger partial charge on any atom is -0.384 e. The summed E-state index contributed by atoms with van der Waals surface area (Å²) in [6.45, 7) is 2.23. The Hall–Kier alpha value is -2.37. The molecule has 6 nitrogen and oxygen atoms in total. The lowest BCUT2D eigenvalue weighted by Crippen LogP contribution is -2.27. The predicted molar refractivity (Wildman–Crippen MR) is 67.8 cm³/mol. The Morgan fingerprint density at radius 2 is 2.28 bits per heavy atom. The summed E-state index contributed by atoms with van der Waals surface area (Å²) in [6.07, 6.45) is 3.38. The first-order chi connectivity index (χ1) is 8.56. The lowest BCUT2D eigenvalue weighted by atomic mass is 10.2. The summed E-state index contributed by atoms with van der Waals surface area (Å²) in [6, 6.07) is 3.30. The first-order valence-corrected chi connectivity index (χ1v) is 5.54. The summed E-state index contributed by atoms with van der Waals surface area (Å²) < 4.78 is 0. The van der Waals surface area contributed by atoms with Crippen molar-refractivity contribution in [2.75, 3.05) is 12.8 Å². The third-order valence-electron chi connectivity index (χ3n) is 2.51. The molecule has 0 aliphatic carbocycles. The number of H-pyrrole nitrogens is 1. The summed E-state index contributed by atoms with van der Waals surface area (Å²) in [5, 5.41) is 0. The maximum atomic E-state index is 12.2. The Labute approximate surface area is 105 Å². The molecule has 94 valence electrons. The number of anilines is 1. The molecule has 2 aromatic rings. The summed E-state index contributed by atoms with van der Waals surface area (Å²) in [7, 11) is 1.72. The van der Waals surface area contributed by atoms with Crippen LogP contribution in [0.2, 0.25) is 0 Å². The molecule has 0 radical (unpaired) electrons. The van der Waals surface area contributed by atoms with E-state index in [4.69, 9.17) is 5.73 Å². The molecule has 2 rings (SSSR count). The molecule has 0 aromatic carbocycles. The number of amides is 1. The number of pyridine rings is 1. The van der Waals surface area contributed by atoms with Crippen LogP contribution in [0, 0.1) is 6.92 Å². The van der Waals surface area contributed by atoms with Crippen LogP contribution in [0.4, 0.5) is 5.82 Å². The number of nitrogen functional groups attached to an aromatic ring is 1. The second kappa shape index (κ2) is 4.87. The van der Waals surface area contributed by atoms with Crippen LogP contribution in [0.15, 0.2) is 24.5 Å². The lowest BCUT2D eigenvalue weighted by molar-refractivity contribution is 0.0781. The third kappa shape index (κ3) is 2.65. The maximum Gasteiger partial charge on any atom is 0.254 e. The zero-order valence-corrected chi connectivity index (χ0v) is 10.3. The molecule has 0 unspecified atom stereocenters. The van der Waals surface area contributed by atoms with Crippen LogP contribution in [-0.4, -0.2) is 32.8 Å². The minimum absolute atomic E-state index is 0.108. The molecule has 18 heavy (non-hydrogen) atoms. The number of hydrogen-bond donors (Lipinski definition) is 2. The van der Waals surface area contributed by atoms with Crippen LogP contribution in [0.25, 0.3) is 0 Å². The molecule has 0 spiro atoms.